The normalized spacial score (nSPS) is 18.8. The van der Waals surface area contributed by atoms with E-state index in [1.807, 2.05) is 60.7 Å². The standard InChI is InChI=1S/C24H20N2O5/c27-24-17-3-1-2-4-18(17)25-23(15-5-7-19-21(13-15)30-11-9-28-19)26(24)16-6-8-20-22(14-16)31-12-10-29-20/h1-8,13-14,23,25H,9-12H2/t23-/m1/s1. The summed E-state index contributed by atoms with van der Waals surface area (Å²) in [5.41, 5.74) is 3.02. The van der Waals surface area contributed by atoms with Crippen LogP contribution in [0.3, 0.4) is 0 Å². The van der Waals surface area contributed by atoms with Crippen molar-refractivity contribution in [2.45, 2.75) is 6.17 Å². The van der Waals surface area contributed by atoms with Crippen LogP contribution >= 0.6 is 0 Å². The maximum absolute atomic E-state index is 13.6. The van der Waals surface area contributed by atoms with Gasteiger partial charge in [0, 0.05) is 11.8 Å². The van der Waals surface area contributed by atoms with Crippen LogP contribution in [-0.2, 0) is 0 Å². The van der Waals surface area contributed by atoms with Gasteiger partial charge in [-0.05, 0) is 42.0 Å². The molecule has 3 aliphatic heterocycles. The first-order valence-corrected chi connectivity index (χ1v) is 10.3. The van der Waals surface area contributed by atoms with Gasteiger partial charge in [0.15, 0.2) is 23.0 Å². The van der Waals surface area contributed by atoms with E-state index >= 15 is 0 Å². The molecular formula is C24H20N2O5. The Hall–Kier alpha value is -3.87. The van der Waals surface area contributed by atoms with Crippen LogP contribution in [0, 0.1) is 0 Å². The molecule has 1 atom stereocenters. The maximum atomic E-state index is 13.6. The molecule has 0 aliphatic carbocycles. The molecule has 3 aromatic rings. The highest BCUT2D eigenvalue weighted by molar-refractivity contribution is 6.12. The van der Waals surface area contributed by atoms with Gasteiger partial charge in [-0.25, -0.2) is 0 Å². The van der Waals surface area contributed by atoms with Gasteiger partial charge >= 0.3 is 0 Å². The maximum Gasteiger partial charge on any atom is 0.262 e. The van der Waals surface area contributed by atoms with E-state index in [1.165, 1.54) is 0 Å². The van der Waals surface area contributed by atoms with Crippen molar-refractivity contribution in [1.82, 2.24) is 0 Å². The molecule has 156 valence electrons. The van der Waals surface area contributed by atoms with Gasteiger partial charge in [-0.3, -0.25) is 9.69 Å². The van der Waals surface area contributed by atoms with E-state index in [0.29, 0.717) is 55.0 Å². The molecule has 0 bridgehead atoms. The van der Waals surface area contributed by atoms with Crippen molar-refractivity contribution in [3.05, 3.63) is 71.8 Å². The van der Waals surface area contributed by atoms with E-state index in [9.17, 15) is 4.79 Å². The van der Waals surface area contributed by atoms with Crippen molar-refractivity contribution in [3.8, 4) is 23.0 Å². The minimum Gasteiger partial charge on any atom is -0.486 e. The lowest BCUT2D eigenvalue weighted by molar-refractivity contribution is 0.0974. The van der Waals surface area contributed by atoms with Crippen molar-refractivity contribution >= 4 is 17.3 Å². The predicted octanol–water partition coefficient (Wildman–Crippen LogP) is 4.00. The van der Waals surface area contributed by atoms with Crippen LogP contribution in [0.2, 0.25) is 0 Å². The Bertz CT molecular complexity index is 1180. The molecule has 7 heteroatoms. The number of carbonyl (C=O) groups excluding carboxylic acids is 1. The lowest BCUT2D eigenvalue weighted by Crippen LogP contribution is -2.43. The molecule has 6 rings (SSSR count). The second-order valence-corrected chi connectivity index (χ2v) is 7.50. The van der Waals surface area contributed by atoms with Gasteiger partial charge in [-0.2, -0.15) is 0 Å². The first kappa shape index (κ1) is 17.9. The number of fused-ring (bicyclic) bond motifs is 3. The van der Waals surface area contributed by atoms with E-state index in [4.69, 9.17) is 18.9 Å². The summed E-state index contributed by atoms with van der Waals surface area (Å²) in [4.78, 5) is 15.4. The second kappa shape index (κ2) is 7.12. The van der Waals surface area contributed by atoms with Crippen molar-refractivity contribution in [1.29, 1.82) is 0 Å². The van der Waals surface area contributed by atoms with Gasteiger partial charge in [0.1, 0.15) is 32.6 Å². The summed E-state index contributed by atoms with van der Waals surface area (Å²) < 4.78 is 22.8. The van der Waals surface area contributed by atoms with Gasteiger partial charge in [0.05, 0.1) is 11.3 Å². The highest BCUT2D eigenvalue weighted by Crippen LogP contribution is 2.42. The van der Waals surface area contributed by atoms with Gasteiger partial charge in [-0.15, -0.1) is 0 Å². The van der Waals surface area contributed by atoms with Gasteiger partial charge in [-0.1, -0.05) is 18.2 Å². The Balaban J connectivity index is 1.47. The second-order valence-electron chi connectivity index (χ2n) is 7.50. The van der Waals surface area contributed by atoms with Crippen LogP contribution in [0.15, 0.2) is 60.7 Å². The number of rotatable bonds is 2. The fraction of sp³-hybridized carbons (Fsp3) is 0.208. The highest BCUT2D eigenvalue weighted by Gasteiger charge is 2.35. The number of anilines is 2. The lowest BCUT2D eigenvalue weighted by Gasteiger charge is -2.38. The van der Waals surface area contributed by atoms with Crippen LogP contribution in [0.25, 0.3) is 0 Å². The Morgan fingerprint density at radius 2 is 1.39 bits per heavy atom. The van der Waals surface area contributed by atoms with Gasteiger partial charge in [0.25, 0.3) is 5.91 Å². The monoisotopic (exact) mass is 416 g/mol. The van der Waals surface area contributed by atoms with Gasteiger partial charge < -0.3 is 24.3 Å². The van der Waals surface area contributed by atoms with Crippen molar-refractivity contribution in [2.75, 3.05) is 36.6 Å². The molecule has 0 saturated carbocycles. The SMILES string of the molecule is O=C1c2ccccc2N[C@@H](c2ccc3c(c2)OCCO3)N1c1ccc2c(c1)OCCO2. The summed E-state index contributed by atoms with van der Waals surface area (Å²) >= 11 is 0. The molecule has 0 unspecified atom stereocenters. The smallest absolute Gasteiger partial charge is 0.262 e. The van der Waals surface area contributed by atoms with E-state index in [2.05, 4.69) is 5.32 Å². The minimum atomic E-state index is -0.430. The zero-order chi connectivity index (χ0) is 20.8. The average molecular weight is 416 g/mol. The first-order chi connectivity index (χ1) is 15.3. The molecule has 3 heterocycles. The average Bonchev–Trinajstić information content (AvgIpc) is 2.83. The molecule has 1 N–H and O–H groups in total. The fourth-order valence-electron chi connectivity index (χ4n) is 4.16. The first-order valence-electron chi connectivity index (χ1n) is 10.3. The van der Waals surface area contributed by atoms with Crippen molar-refractivity contribution in [3.63, 3.8) is 0 Å². The quantitative estimate of drug-likeness (QED) is 0.681. The van der Waals surface area contributed by atoms with Crippen molar-refractivity contribution < 1.29 is 23.7 Å². The number of carbonyl (C=O) groups is 1. The predicted molar refractivity (Wildman–Crippen MR) is 114 cm³/mol. The van der Waals surface area contributed by atoms with Crippen LogP contribution in [0.5, 0.6) is 23.0 Å². The largest absolute Gasteiger partial charge is 0.486 e. The molecule has 0 saturated heterocycles. The molecule has 0 radical (unpaired) electrons. The van der Waals surface area contributed by atoms with Crippen LogP contribution in [0.4, 0.5) is 11.4 Å². The summed E-state index contributed by atoms with van der Waals surface area (Å²) in [7, 11) is 0. The Morgan fingerprint density at radius 3 is 2.16 bits per heavy atom. The summed E-state index contributed by atoms with van der Waals surface area (Å²) in [6, 6.07) is 18.9. The fourth-order valence-corrected chi connectivity index (χ4v) is 4.16. The van der Waals surface area contributed by atoms with E-state index < -0.39 is 6.17 Å². The molecule has 0 fully saturated rings. The summed E-state index contributed by atoms with van der Waals surface area (Å²) in [6.45, 7) is 2.03. The number of amides is 1. The highest BCUT2D eigenvalue weighted by atomic mass is 16.6. The van der Waals surface area contributed by atoms with E-state index in [0.717, 1.165) is 16.9 Å². The lowest BCUT2D eigenvalue weighted by atomic mass is 10.0. The number of ether oxygens (including phenoxy) is 4. The summed E-state index contributed by atoms with van der Waals surface area (Å²) in [5, 5.41) is 3.52. The Morgan fingerprint density at radius 1 is 0.742 bits per heavy atom. The molecule has 0 aromatic heterocycles. The van der Waals surface area contributed by atoms with E-state index in [1.54, 1.807) is 4.90 Å². The molecule has 1 amide bonds. The minimum absolute atomic E-state index is 0.0917. The number of hydrogen-bond donors (Lipinski definition) is 1. The van der Waals surface area contributed by atoms with Crippen LogP contribution in [0.1, 0.15) is 22.1 Å². The van der Waals surface area contributed by atoms with Crippen LogP contribution in [-0.4, -0.2) is 32.3 Å². The van der Waals surface area contributed by atoms with Crippen LogP contribution < -0.4 is 29.2 Å². The molecule has 3 aromatic carbocycles. The number of para-hydroxylation sites is 1. The number of nitrogens with zero attached hydrogens (tertiary/aromatic N) is 1. The third kappa shape index (κ3) is 3.01. The zero-order valence-electron chi connectivity index (χ0n) is 16.7. The topological polar surface area (TPSA) is 69.3 Å². The Kier molecular flexibility index (Phi) is 4.12. The summed E-state index contributed by atoms with van der Waals surface area (Å²) in [6.07, 6.45) is -0.430. The molecule has 0 spiro atoms. The number of benzene rings is 3. The van der Waals surface area contributed by atoms with Gasteiger partial charge in [0.2, 0.25) is 0 Å². The molecule has 3 aliphatic rings. The number of nitrogens with one attached hydrogen (secondary N) is 1. The Labute approximate surface area is 179 Å². The zero-order valence-corrected chi connectivity index (χ0v) is 16.7. The summed E-state index contributed by atoms with van der Waals surface area (Å²) in [5.74, 6) is 2.62. The third-order valence-corrected chi connectivity index (χ3v) is 5.61. The molecule has 31 heavy (non-hydrogen) atoms. The number of hydrogen-bond acceptors (Lipinski definition) is 6. The third-order valence-electron chi connectivity index (χ3n) is 5.61. The molecular weight excluding hydrogens is 396 g/mol. The molecule has 7 nitrogen and oxygen atoms in total. The van der Waals surface area contributed by atoms with Crippen molar-refractivity contribution in [2.24, 2.45) is 0 Å². The van der Waals surface area contributed by atoms with E-state index in [-0.39, 0.29) is 5.91 Å².